The molecule has 2 atom stereocenters. The van der Waals surface area contributed by atoms with Crippen molar-refractivity contribution in [2.24, 2.45) is 11.7 Å². The molecule has 4 nitrogen and oxygen atoms in total. The molecule has 1 aliphatic rings. The van der Waals surface area contributed by atoms with Gasteiger partial charge < -0.3 is 10.6 Å². The highest BCUT2D eigenvalue weighted by Crippen LogP contribution is 2.22. The van der Waals surface area contributed by atoms with Crippen molar-refractivity contribution in [3.05, 3.63) is 51.7 Å². The number of rotatable bonds is 4. The third kappa shape index (κ3) is 3.82. The van der Waals surface area contributed by atoms with Crippen LogP contribution in [0.2, 0.25) is 0 Å². The van der Waals surface area contributed by atoms with Crippen LogP contribution in [0.4, 0.5) is 4.39 Å². The van der Waals surface area contributed by atoms with Crippen molar-refractivity contribution in [1.29, 1.82) is 0 Å². The summed E-state index contributed by atoms with van der Waals surface area (Å²) in [6.45, 7) is 3.44. The fourth-order valence-corrected chi connectivity index (χ4v) is 3.87. The van der Waals surface area contributed by atoms with Crippen LogP contribution in [0.25, 0.3) is 0 Å². The van der Waals surface area contributed by atoms with Gasteiger partial charge >= 0.3 is 0 Å². The van der Waals surface area contributed by atoms with Crippen LogP contribution in [-0.2, 0) is 6.42 Å². The van der Waals surface area contributed by atoms with Gasteiger partial charge in [0.25, 0.3) is 5.91 Å². The van der Waals surface area contributed by atoms with E-state index in [1.807, 2.05) is 11.8 Å². The number of amides is 1. The van der Waals surface area contributed by atoms with E-state index in [-0.39, 0.29) is 17.8 Å². The lowest BCUT2D eigenvalue weighted by Gasteiger charge is -2.34. The van der Waals surface area contributed by atoms with Crippen LogP contribution in [0.1, 0.15) is 40.8 Å². The highest BCUT2D eigenvalue weighted by molar-refractivity contribution is 7.09. The topological polar surface area (TPSA) is 59.2 Å². The number of carbonyl (C=O) groups excluding carboxylic acids is 1. The molecule has 0 saturated carbocycles. The number of thiazole rings is 1. The molecule has 24 heavy (non-hydrogen) atoms. The fourth-order valence-electron chi connectivity index (χ4n) is 3.08. The molecule has 1 aromatic heterocycles. The maximum Gasteiger partial charge on any atom is 0.273 e. The Hall–Kier alpha value is -1.79. The fraction of sp³-hybridized carbons (Fsp3) is 0.444. The molecule has 2 heterocycles. The van der Waals surface area contributed by atoms with Crippen molar-refractivity contribution in [2.45, 2.75) is 32.2 Å². The average molecular weight is 347 g/mol. The normalized spacial score (nSPS) is 19.3. The Morgan fingerprint density at radius 1 is 1.50 bits per heavy atom. The summed E-state index contributed by atoms with van der Waals surface area (Å²) in [6, 6.07) is 6.75. The number of aromatic nitrogens is 1. The number of carbonyl (C=O) groups is 1. The minimum atomic E-state index is -0.239. The smallest absolute Gasteiger partial charge is 0.273 e. The molecule has 1 saturated heterocycles. The van der Waals surface area contributed by atoms with Crippen molar-refractivity contribution in [1.82, 2.24) is 9.88 Å². The minimum absolute atomic E-state index is 0.0450. The van der Waals surface area contributed by atoms with Crippen LogP contribution >= 0.6 is 11.3 Å². The zero-order valence-electron chi connectivity index (χ0n) is 13.7. The second kappa shape index (κ2) is 7.40. The first kappa shape index (κ1) is 17.0. The minimum Gasteiger partial charge on any atom is -0.337 e. The molecule has 2 N–H and O–H groups in total. The van der Waals surface area contributed by atoms with E-state index in [0.29, 0.717) is 30.1 Å². The highest BCUT2D eigenvalue weighted by atomic mass is 32.1. The Kier molecular flexibility index (Phi) is 5.26. The molecule has 0 unspecified atom stereocenters. The molecular weight excluding hydrogens is 325 g/mol. The van der Waals surface area contributed by atoms with Gasteiger partial charge in [-0.1, -0.05) is 18.2 Å². The van der Waals surface area contributed by atoms with Crippen LogP contribution in [0.15, 0.2) is 29.6 Å². The van der Waals surface area contributed by atoms with E-state index in [9.17, 15) is 9.18 Å². The van der Waals surface area contributed by atoms with Gasteiger partial charge in [-0.2, -0.15) is 0 Å². The van der Waals surface area contributed by atoms with Gasteiger partial charge in [0.05, 0.1) is 5.01 Å². The van der Waals surface area contributed by atoms with Crippen molar-refractivity contribution in [3.8, 4) is 0 Å². The number of piperidine rings is 1. The first-order valence-corrected chi connectivity index (χ1v) is 9.15. The van der Waals surface area contributed by atoms with E-state index >= 15 is 0 Å². The van der Waals surface area contributed by atoms with E-state index in [2.05, 4.69) is 4.98 Å². The summed E-state index contributed by atoms with van der Waals surface area (Å²) in [5.41, 5.74) is 7.04. The number of hydrogen-bond acceptors (Lipinski definition) is 4. The highest BCUT2D eigenvalue weighted by Gasteiger charge is 2.27. The summed E-state index contributed by atoms with van der Waals surface area (Å²) in [5, 5.41) is 2.53. The van der Waals surface area contributed by atoms with Gasteiger partial charge in [0, 0.05) is 30.9 Å². The Morgan fingerprint density at radius 3 is 3.04 bits per heavy atom. The van der Waals surface area contributed by atoms with Crippen LogP contribution in [0, 0.1) is 11.7 Å². The van der Waals surface area contributed by atoms with E-state index in [0.717, 1.165) is 24.4 Å². The van der Waals surface area contributed by atoms with Crippen molar-refractivity contribution >= 4 is 17.2 Å². The van der Waals surface area contributed by atoms with Crippen LogP contribution < -0.4 is 5.73 Å². The monoisotopic (exact) mass is 347 g/mol. The summed E-state index contributed by atoms with van der Waals surface area (Å²) < 4.78 is 13.7. The Labute approximate surface area is 145 Å². The van der Waals surface area contributed by atoms with Crippen LogP contribution in [0.3, 0.4) is 0 Å². The maximum absolute atomic E-state index is 13.7. The quantitative estimate of drug-likeness (QED) is 0.925. The summed E-state index contributed by atoms with van der Waals surface area (Å²) in [4.78, 5) is 18.9. The van der Waals surface area contributed by atoms with E-state index < -0.39 is 0 Å². The lowest BCUT2D eigenvalue weighted by atomic mass is 9.92. The lowest BCUT2D eigenvalue weighted by molar-refractivity contribution is 0.0655. The van der Waals surface area contributed by atoms with Gasteiger partial charge in [0.1, 0.15) is 11.5 Å². The first-order chi connectivity index (χ1) is 11.5. The number of nitrogens with two attached hydrogens (primary N) is 1. The molecule has 6 heteroatoms. The number of halogens is 1. The van der Waals surface area contributed by atoms with E-state index in [1.165, 1.54) is 17.4 Å². The number of nitrogens with zero attached hydrogens (tertiary/aromatic N) is 2. The zero-order chi connectivity index (χ0) is 17.1. The summed E-state index contributed by atoms with van der Waals surface area (Å²) in [5.74, 6) is 0.0620. The molecule has 0 aliphatic carbocycles. The Balaban J connectivity index is 1.68. The van der Waals surface area contributed by atoms with Gasteiger partial charge in [-0.15, -0.1) is 11.3 Å². The maximum atomic E-state index is 13.7. The van der Waals surface area contributed by atoms with Gasteiger partial charge in [-0.05, 0) is 37.3 Å². The predicted molar refractivity (Wildman–Crippen MR) is 93.6 cm³/mol. The molecule has 1 aromatic carbocycles. The molecular formula is C18H22FN3OS. The Morgan fingerprint density at radius 2 is 2.29 bits per heavy atom. The number of benzene rings is 1. The van der Waals surface area contributed by atoms with Crippen molar-refractivity contribution in [3.63, 3.8) is 0 Å². The third-order valence-corrected chi connectivity index (χ3v) is 5.41. The number of likely N-dealkylation sites (tertiary alicyclic amines) is 1. The Bertz CT molecular complexity index is 716. The second-order valence-corrected chi connectivity index (χ2v) is 7.35. The van der Waals surface area contributed by atoms with Gasteiger partial charge in [-0.3, -0.25) is 4.79 Å². The molecule has 128 valence electrons. The summed E-state index contributed by atoms with van der Waals surface area (Å²) in [7, 11) is 0. The van der Waals surface area contributed by atoms with Gasteiger partial charge in [0.2, 0.25) is 0 Å². The molecule has 0 bridgehead atoms. The third-order valence-electron chi connectivity index (χ3n) is 4.56. The van der Waals surface area contributed by atoms with E-state index in [1.54, 1.807) is 23.6 Å². The molecule has 1 amide bonds. The number of hydrogen-bond donors (Lipinski definition) is 1. The van der Waals surface area contributed by atoms with Crippen molar-refractivity contribution in [2.75, 3.05) is 13.1 Å². The van der Waals surface area contributed by atoms with Crippen LogP contribution in [-0.4, -0.2) is 34.9 Å². The zero-order valence-corrected chi connectivity index (χ0v) is 14.6. The largest absolute Gasteiger partial charge is 0.337 e. The SMILES string of the molecule is C[C@H](N)[C@@H]1CCCN(C(=O)c2csc(Cc3ccccc3F)n2)C1. The van der Waals surface area contributed by atoms with Crippen LogP contribution in [0.5, 0.6) is 0 Å². The molecule has 2 aromatic rings. The standard InChI is InChI=1S/C18H22FN3OS/c1-12(20)14-6-4-8-22(10-14)18(23)16-11-24-17(21-16)9-13-5-2-3-7-15(13)19/h2-3,5,7,11-12,14H,4,6,8-10,20H2,1H3/t12-,14+/m0/s1. The van der Waals surface area contributed by atoms with E-state index in [4.69, 9.17) is 5.73 Å². The molecule has 0 radical (unpaired) electrons. The first-order valence-electron chi connectivity index (χ1n) is 8.27. The predicted octanol–water partition coefficient (Wildman–Crippen LogP) is 3.07. The average Bonchev–Trinajstić information content (AvgIpc) is 3.05. The second-order valence-electron chi connectivity index (χ2n) is 6.41. The lowest BCUT2D eigenvalue weighted by Crippen LogP contribution is -2.45. The summed E-state index contributed by atoms with van der Waals surface area (Å²) >= 11 is 1.40. The molecule has 1 fully saturated rings. The van der Waals surface area contributed by atoms with Crippen molar-refractivity contribution < 1.29 is 9.18 Å². The molecule has 3 rings (SSSR count). The summed E-state index contributed by atoms with van der Waals surface area (Å²) in [6.07, 6.45) is 2.45. The molecule has 0 spiro atoms. The van der Waals surface area contributed by atoms with Gasteiger partial charge in [0.15, 0.2) is 0 Å². The van der Waals surface area contributed by atoms with Gasteiger partial charge in [-0.25, -0.2) is 9.37 Å². The molecule has 1 aliphatic heterocycles.